The van der Waals surface area contributed by atoms with Gasteiger partial charge in [-0.3, -0.25) is 4.98 Å². The van der Waals surface area contributed by atoms with Crippen LogP contribution in [0.5, 0.6) is 0 Å². The van der Waals surface area contributed by atoms with Crippen LogP contribution in [0.4, 0.5) is 0 Å². The summed E-state index contributed by atoms with van der Waals surface area (Å²) in [5.41, 5.74) is 3.47. The van der Waals surface area contributed by atoms with Gasteiger partial charge in [-0.15, -0.1) is 0 Å². The highest BCUT2D eigenvalue weighted by molar-refractivity contribution is 6.30. The quantitative estimate of drug-likeness (QED) is 0.906. The molecule has 2 rings (SSSR count). The lowest BCUT2D eigenvalue weighted by Gasteiger charge is -2.20. The average Bonchev–Trinajstić information content (AvgIpc) is 2.38. The molecule has 0 aliphatic rings. The van der Waals surface area contributed by atoms with Crippen molar-refractivity contribution >= 4 is 11.6 Å². The highest BCUT2D eigenvalue weighted by atomic mass is 35.5. The fourth-order valence-corrected chi connectivity index (χ4v) is 2.19. The van der Waals surface area contributed by atoms with Gasteiger partial charge in [0.05, 0.1) is 6.04 Å². The Morgan fingerprint density at radius 3 is 2.56 bits per heavy atom. The van der Waals surface area contributed by atoms with Gasteiger partial charge in [0.15, 0.2) is 0 Å². The maximum Gasteiger partial charge on any atom is 0.0594 e. The van der Waals surface area contributed by atoms with Gasteiger partial charge in [0.25, 0.3) is 0 Å². The van der Waals surface area contributed by atoms with Crippen LogP contribution in [0.25, 0.3) is 0 Å². The summed E-state index contributed by atoms with van der Waals surface area (Å²) in [7, 11) is 0. The highest BCUT2D eigenvalue weighted by Gasteiger charge is 2.15. The molecule has 1 unspecified atom stereocenters. The Hall–Kier alpha value is -1.38. The molecule has 0 bridgehead atoms. The molecule has 0 aliphatic heterocycles. The van der Waals surface area contributed by atoms with Crippen molar-refractivity contribution in [2.45, 2.75) is 19.9 Å². The molecule has 2 aromatic rings. The van der Waals surface area contributed by atoms with Crippen molar-refractivity contribution in [2.24, 2.45) is 0 Å². The number of hydrogen-bond donors (Lipinski definition) is 1. The summed E-state index contributed by atoms with van der Waals surface area (Å²) >= 11 is 5.94. The maximum atomic E-state index is 5.94. The molecular weight excluding hydrogens is 244 g/mol. The van der Waals surface area contributed by atoms with Gasteiger partial charge in [0.2, 0.25) is 0 Å². The number of benzene rings is 1. The summed E-state index contributed by atoms with van der Waals surface area (Å²) in [6.07, 6.45) is 1.82. The lowest BCUT2D eigenvalue weighted by Crippen LogP contribution is -2.23. The summed E-state index contributed by atoms with van der Waals surface area (Å²) < 4.78 is 0. The monoisotopic (exact) mass is 260 g/mol. The average molecular weight is 261 g/mol. The first kappa shape index (κ1) is 13.1. The first-order chi connectivity index (χ1) is 8.72. The van der Waals surface area contributed by atoms with Crippen LogP contribution in [-0.2, 0) is 0 Å². The van der Waals surface area contributed by atoms with E-state index in [0.29, 0.717) is 0 Å². The second kappa shape index (κ2) is 5.98. The van der Waals surface area contributed by atoms with Gasteiger partial charge in [-0.1, -0.05) is 36.7 Å². The first-order valence-corrected chi connectivity index (χ1v) is 6.50. The van der Waals surface area contributed by atoms with E-state index in [-0.39, 0.29) is 6.04 Å². The Balaban J connectivity index is 2.40. The Bertz CT molecular complexity index is 508. The van der Waals surface area contributed by atoms with Gasteiger partial charge in [-0.05, 0) is 42.8 Å². The van der Waals surface area contributed by atoms with E-state index in [9.17, 15) is 0 Å². The Morgan fingerprint density at radius 1 is 1.22 bits per heavy atom. The minimum absolute atomic E-state index is 0.168. The number of aromatic nitrogens is 1. The first-order valence-electron chi connectivity index (χ1n) is 6.12. The zero-order chi connectivity index (χ0) is 13.0. The van der Waals surface area contributed by atoms with Gasteiger partial charge >= 0.3 is 0 Å². The molecule has 0 saturated carbocycles. The molecule has 3 heteroatoms. The molecule has 1 aromatic heterocycles. The number of aryl methyl sites for hydroxylation is 1. The molecule has 1 heterocycles. The molecule has 2 nitrogen and oxygen atoms in total. The zero-order valence-electron chi connectivity index (χ0n) is 10.7. The lowest BCUT2D eigenvalue weighted by molar-refractivity contribution is 0.625. The van der Waals surface area contributed by atoms with Gasteiger partial charge in [-0.25, -0.2) is 0 Å². The standard InChI is InChI=1S/C15H17ClN2/c1-3-17-15(12-6-8-13(16)9-7-12)14-5-4-10-18-11(14)2/h4-10,15,17H,3H2,1-2H3. The van der Waals surface area contributed by atoms with E-state index in [2.05, 4.69) is 35.4 Å². The van der Waals surface area contributed by atoms with Crippen LogP contribution in [0.1, 0.15) is 29.8 Å². The highest BCUT2D eigenvalue weighted by Crippen LogP contribution is 2.24. The van der Waals surface area contributed by atoms with E-state index < -0.39 is 0 Å². The third-order valence-electron chi connectivity index (χ3n) is 2.97. The van der Waals surface area contributed by atoms with Crippen LogP contribution < -0.4 is 5.32 Å². The van der Waals surface area contributed by atoms with Crippen molar-refractivity contribution in [1.82, 2.24) is 10.3 Å². The third kappa shape index (κ3) is 2.89. The van der Waals surface area contributed by atoms with E-state index in [1.54, 1.807) is 0 Å². The topological polar surface area (TPSA) is 24.9 Å². The van der Waals surface area contributed by atoms with Gasteiger partial charge in [0, 0.05) is 16.9 Å². The normalized spacial score (nSPS) is 12.4. The third-order valence-corrected chi connectivity index (χ3v) is 3.22. The predicted octanol–water partition coefficient (Wildman–Crippen LogP) is 3.74. The van der Waals surface area contributed by atoms with Crippen molar-refractivity contribution in [2.75, 3.05) is 6.54 Å². The Morgan fingerprint density at radius 2 is 1.94 bits per heavy atom. The molecule has 0 saturated heterocycles. The molecule has 0 spiro atoms. The number of nitrogens with zero attached hydrogens (tertiary/aromatic N) is 1. The molecule has 0 radical (unpaired) electrons. The van der Waals surface area contributed by atoms with E-state index in [0.717, 1.165) is 17.3 Å². The van der Waals surface area contributed by atoms with Crippen LogP contribution in [0.2, 0.25) is 5.02 Å². The van der Waals surface area contributed by atoms with E-state index in [4.69, 9.17) is 11.6 Å². The number of pyridine rings is 1. The largest absolute Gasteiger partial charge is 0.306 e. The fraction of sp³-hybridized carbons (Fsp3) is 0.267. The zero-order valence-corrected chi connectivity index (χ0v) is 11.4. The smallest absolute Gasteiger partial charge is 0.0594 e. The SMILES string of the molecule is CCNC(c1ccc(Cl)cc1)c1cccnc1C. The van der Waals surface area contributed by atoms with E-state index in [1.807, 2.05) is 31.3 Å². The maximum absolute atomic E-state index is 5.94. The molecule has 18 heavy (non-hydrogen) atoms. The van der Waals surface area contributed by atoms with Crippen molar-refractivity contribution in [3.8, 4) is 0 Å². The minimum Gasteiger partial charge on any atom is -0.306 e. The molecule has 0 fully saturated rings. The molecule has 0 aliphatic carbocycles. The van der Waals surface area contributed by atoms with Gasteiger partial charge in [-0.2, -0.15) is 0 Å². The molecule has 1 aromatic carbocycles. The second-order valence-electron chi connectivity index (χ2n) is 4.22. The van der Waals surface area contributed by atoms with Crippen LogP contribution in [0.15, 0.2) is 42.6 Å². The summed E-state index contributed by atoms with van der Waals surface area (Å²) in [6.45, 7) is 5.05. The minimum atomic E-state index is 0.168. The van der Waals surface area contributed by atoms with Crippen LogP contribution in [-0.4, -0.2) is 11.5 Å². The summed E-state index contributed by atoms with van der Waals surface area (Å²) in [4.78, 5) is 4.36. The summed E-state index contributed by atoms with van der Waals surface area (Å²) in [6, 6.07) is 12.2. The van der Waals surface area contributed by atoms with Gasteiger partial charge < -0.3 is 5.32 Å². The predicted molar refractivity (Wildman–Crippen MR) is 75.9 cm³/mol. The number of halogens is 1. The van der Waals surface area contributed by atoms with Crippen LogP contribution in [0, 0.1) is 6.92 Å². The van der Waals surface area contributed by atoms with Crippen molar-refractivity contribution in [3.63, 3.8) is 0 Å². The van der Waals surface area contributed by atoms with Gasteiger partial charge in [0.1, 0.15) is 0 Å². The summed E-state index contributed by atoms with van der Waals surface area (Å²) in [5.74, 6) is 0. The molecular formula is C15H17ClN2. The molecule has 1 N–H and O–H groups in total. The van der Waals surface area contributed by atoms with Crippen LogP contribution in [0.3, 0.4) is 0 Å². The fourth-order valence-electron chi connectivity index (χ4n) is 2.07. The number of rotatable bonds is 4. The molecule has 94 valence electrons. The van der Waals surface area contributed by atoms with E-state index >= 15 is 0 Å². The number of nitrogens with one attached hydrogen (secondary N) is 1. The second-order valence-corrected chi connectivity index (χ2v) is 4.66. The van der Waals surface area contributed by atoms with Crippen molar-refractivity contribution in [1.29, 1.82) is 0 Å². The Kier molecular flexibility index (Phi) is 4.34. The van der Waals surface area contributed by atoms with Crippen molar-refractivity contribution < 1.29 is 0 Å². The Labute approximate surface area is 113 Å². The number of hydrogen-bond acceptors (Lipinski definition) is 2. The molecule has 0 amide bonds. The van der Waals surface area contributed by atoms with Crippen LogP contribution >= 0.6 is 11.6 Å². The van der Waals surface area contributed by atoms with Crippen molar-refractivity contribution in [3.05, 3.63) is 64.4 Å². The summed E-state index contributed by atoms with van der Waals surface area (Å²) in [5, 5.41) is 4.25. The molecule has 1 atom stereocenters. The van der Waals surface area contributed by atoms with E-state index in [1.165, 1.54) is 11.1 Å². The lowest BCUT2D eigenvalue weighted by atomic mass is 9.98.